The number of nitrogens with one attached hydrogen (secondary N) is 1. The molecule has 7 heteroatoms. The van der Waals surface area contributed by atoms with Gasteiger partial charge in [-0.15, -0.1) is 0 Å². The Morgan fingerprint density at radius 1 is 1.45 bits per heavy atom. The number of nitrogens with zero attached hydrogens (tertiary/aromatic N) is 3. The number of hydrogen-bond acceptors (Lipinski definition) is 4. The number of benzene rings is 1. The predicted molar refractivity (Wildman–Crippen MR) is 80.8 cm³/mol. The maximum atomic E-state index is 11.2. The van der Waals surface area contributed by atoms with E-state index in [9.17, 15) is 10.1 Å². The van der Waals surface area contributed by atoms with E-state index in [0.717, 1.165) is 10.0 Å². The van der Waals surface area contributed by atoms with E-state index in [1.165, 1.54) is 0 Å². The Hall–Kier alpha value is -1.89. The van der Waals surface area contributed by atoms with Crippen LogP contribution in [0.2, 0.25) is 0 Å². The highest BCUT2D eigenvalue weighted by Crippen LogP contribution is 2.29. The van der Waals surface area contributed by atoms with Gasteiger partial charge in [-0.3, -0.25) is 10.1 Å². The molecule has 6 nitrogen and oxygen atoms in total. The van der Waals surface area contributed by atoms with Gasteiger partial charge in [-0.05, 0) is 25.5 Å². The Morgan fingerprint density at radius 2 is 2.15 bits per heavy atom. The molecule has 1 aromatic heterocycles. The fourth-order valence-corrected chi connectivity index (χ4v) is 2.44. The van der Waals surface area contributed by atoms with Crippen LogP contribution in [0.15, 0.2) is 28.7 Å². The molecule has 0 aliphatic rings. The van der Waals surface area contributed by atoms with Crippen molar-refractivity contribution in [1.29, 1.82) is 0 Å². The molecule has 2 aromatic rings. The van der Waals surface area contributed by atoms with Gasteiger partial charge in [0.05, 0.1) is 4.92 Å². The van der Waals surface area contributed by atoms with Crippen molar-refractivity contribution < 1.29 is 4.92 Å². The van der Waals surface area contributed by atoms with Crippen LogP contribution in [-0.4, -0.2) is 14.7 Å². The quantitative estimate of drug-likeness (QED) is 0.668. The molecule has 1 heterocycles. The SMILES string of the molecule is CCn1nc(C)c([N+](=O)[O-])c1NCc1ccccc1Br. The summed E-state index contributed by atoms with van der Waals surface area (Å²) in [6.45, 7) is 4.62. The van der Waals surface area contributed by atoms with Gasteiger partial charge >= 0.3 is 5.69 Å². The average Bonchev–Trinajstić information content (AvgIpc) is 2.74. The first-order valence-electron chi connectivity index (χ1n) is 6.23. The first-order valence-corrected chi connectivity index (χ1v) is 7.03. The molecule has 0 spiro atoms. The number of aryl methyl sites for hydroxylation is 2. The summed E-state index contributed by atoms with van der Waals surface area (Å²) in [6, 6.07) is 7.76. The molecule has 20 heavy (non-hydrogen) atoms. The first kappa shape index (κ1) is 14.5. The molecule has 106 valence electrons. The zero-order valence-corrected chi connectivity index (χ0v) is 12.8. The van der Waals surface area contributed by atoms with Gasteiger partial charge in [0.15, 0.2) is 0 Å². The van der Waals surface area contributed by atoms with Crippen molar-refractivity contribution in [1.82, 2.24) is 9.78 Å². The van der Waals surface area contributed by atoms with Crippen LogP contribution in [0.25, 0.3) is 0 Å². The van der Waals surface area contributed by atoms with Crippen LogP contribution in [0.3, 0.4) is 0 Å². The smallest absolute Gasteiger partial charge is 0.333 e. The average molecular weight is 339 g/mol. The molecule has 0 bridgehead atoms. The van der Waals surface area contributed by atoms with E-state index < -0.39 is 4.92 Å². The minimum atomic E-state index is -0.392. The normalized spacial score (nSPS) is 10.6. The molecular weight excluding hydrogens is 324 g/mol. The lowest BCUT2D eigenvalue weighted by Crippen LogP contribution is -2.08. The summed E-state index contributed by atoms with van der Waals surface area (Å²) in [5.74, 6) is 0.450. The van der Waals surface area contributed by atoms with Gasteiger partial charge < -0.3 is 5.32 Å². The van der Waals surface area contributed by atoms with Crippen molar-refractivity contribution in [2.75, 3.05) is 5.32 Å². The molecule has 0 amide bonds. The van der Waals surface area contributed by atoms with Gasteiger partial charge in [-0.2, -0.15) is 5.10 Å². The minimum Gasteiger partial charge on any atom is -0.360 e. The molecular formula is C13H15BrN4O2. The number of nitro groups is 1. The zero-order chi connectivity index (χ0) is 14.7. The molecule has 0 fully saturated rings. The third-order valence-electron chi connectivity index (χ3n) is 2.98. The first-order chi connectivity index (χ1) is 9.54. The van der Waals surface area contributed by atoms with Crippen LogP contribution >= 0.6 is 15.9 Å². The van der Waals surface area contributed by atoms with Gasteiger partial charge in [-0.1, -0.05) is 34.1 Å². The number of hydrogen-bond donors (Lipinski definition) is 1. The topological polar surface area (TPSA) is 73.0 Å². The third-order valence-corrected chi connectivity index (χ3v) is 3.76. The predicted octanol–water partition coefficient (Wildman–Crippen LogP) is 3.49. The number of aromatic nitrogens is 2. The summed E-state index contributed by atoms with van der Waals surface area (Å²) < 4.78 is 2.58. The summed E-state index contributed by atoms with van der Waals surface area (Å²) in [5.41, 5.74) is 1.49. The second kappa shape index (κ2) is 6.04. The zero-order valence-electron chi connectivity index (χ0n) is 11.3. The van der Waals surface area contributed by atoms with Crippen molar-refractivity contribution in [3.8, 4) is 0 Å². The molecule has 0 atom stereocenters. The number of anilines is 1. The van der Waals surface area contributed by atoms with E-state index in [4.69, 9.17) is 0 Å². The lowest BCUT2D eigenvalue weighted by Gasteiger charge is -2.09. The van der Waals surface area contributed by atoms with Crippen LogP contribution in [0.4, 0.5) is 11.5 Å². The Balaban J connectivity index is 2.29. The molecule has 0 aliphatic carbocycles. The van der Waals surface area contributed by atoms with Crippen LogP contribution < -0.4 is 5.32 Å². The molecule has 0 saturated carbocycles. The van der Waals surface area contributed by atoms with Crippen LogP contribution in [0.1, 0.15) is 18.2 Å². The van der Waals surface area contributed by atoms with Crippen LogP contribution in [0, 0.1) is 17.0 Å². The third kappa shape index (κ3) is 2.82. The molecule has 0 radical (unpaired) electrons. The minimum absolute atomic E-state index is 0.0407. The molecule has 0 saturated heterocycles. The lowest BCUT2D eigenvalue weighted by atomic mass is 10.2. The highest BCUT2D eigenvalue weighted by Gasteiger charge is 2.24. The molecule has 1 N–H and O–H groups in total. The van der Waals surface area contributed by atoms with Crippen LogP contribution in [-0.2, 0) is 13.1 Å². The Bertz CT molecular complexity index is 639. The highest BCUT2D eigenvalue weighted by molar-refractivity contribution is 9.10. The highest BCUT2D eigenvalue weighted by atomic mass is 79.9. The number of halogens is 1. The van der Waals surface area contributed by atoms with E-state index in [0.29, 0.717) is 24.6 Å². The summed E-state index contributed by atoms with van der Waals surface area (Å²) >= 11 is 3.46. The Kier molecular flexibility index (Phi) is 4.39. The monoisotopic (exact) mass is 338 g/mol. The van der Waals surface area contributed by atoms with Gasteiger partial charge in [0.25, 0.3) is 0 Å². The van der Waals surface area contributed by atoms with Crippen molar-refractivity contribution >= 4 is 27.4 Å². The Morgan fingerprint density at radius 3 is 2.75 bits per heavy atom. The van der Waals surface area contributed by atoms with E-state index in [1.54, 1.807) is 11.6 Å². The van der Waals surface area contributed by atoms with Crippen molar-refractivity contribution in [2.24, 2.45) is 0 Å². The molecule has 2 rings (SSSR count). The maximum Gasteiger partial charge on any atom is 0.333 e. The second-order valence-corrected chi connectivity index (χ2v) is 5.15. The van der Waals surface area contributed by atoms with Gasteiger partial charge in [0.2, 0.25) is 5.82 Å². The van der Waals surface area contributed by atoms with Crippen molar-refractivity contribution in [3.63, 3.8) is 0 Å². The second-order valence-electron chi connectivity index (χ2n) is 4.30. The largest absolute Gasteiger partial charge is 0.360 e. The van der Waals surface area contributed by atoms with Gasteiger partial charge in [0, 0.05) is 17.6 Å². The fraction of sp³-hybridized carbons (Fsp3) is 0.308. The van der Waals surface area contributed by atoms with Crippen LogP contribution in [0.5, 0.6) is 0 Å². The molecule has 0 aliphatic heterocycles. The van der Waals surface area contributed by atoms with Crippen molar-refractivity contribution in [3.05, 3.63) is 50.1 Å². The van der Waals surface area contributed by atoms with Crippen molar-refractivity contribution in [2.45, 2.75) is 26.9 Å². The Labute approximate surface area is 125 Å². The van der Waals surface area contributed by atoms with E-state index in [2.05, 4.69) is 26.3 Å². The number of rotatable bonds is 5. The fourth-order valence-electron chi connectivity index (χ4n) is 2.02. The standard InChI is InChI=1S/C13H15BrN4O2/c1-3-17-13(12(18(19)20)9(2)16-17)15-8-10-6-4-5-7-11(10)14/h4-7,15H,3,8H2,1-2H3. The summed E-state index contributed by atoms with van der Waals surface area (Å²) in [6.07, 6.45) is 0. The van der Waals surface area contributed by atoms with Gasteiger partial charge in [-0.25, -0.2) is 4.68 Å². The molecule has 0 unspecified atom stereocenters. The summed E-state index contributed by atoms with van der Waals surface area (Å²) in [5, 5.41) is 18.5. The summed E-state index contributed by atoms with van der Waals surface area (Å²) in [4.78, 5) is 10.8. The summed E-state index contributed by atoms with van der Waals surface area (Å²) in [7, 11) is 0. The van der Waals surface area contributed by atoms with E-state index in [1.807, 2.05) is 31.2 Å². The van der Waals surface area contributed by atoms with E-state index in [-0.39, 0.29) is 5.69 Å². The molecule has 1 aromatic carbocycles. The lowest BCUT2D eigenvalue weighted by molar-refractivity contribution is -0.384. The van der Waals surface area contributed by atoms with Gasteiger partial charge in [0.1, 0.15) is 5.69 Å². The maximum absolute atomic E-state index is 11.2. The van der Waals surface area contributed by atoms with E-state index >= 15 is 0 Å².